The molecule has 1 rings (SSSR count). The number of carboxylic acids is 1. The lowest BCUT2D eigenvalue weighted by molar-refractivity contribution is -0.143. The van der Waals surface area contributed by atoms with Crippen molar-refractivity contribution in [2.45, 2.75) is 31.7 Å². The summed E-state index contributed by atoms with van der Waals surface area (Å²) in [6, 6.07) is 0. The number of hydrogen-bond donors (Lipinski definition) is 1. The Labute approximate surface area is 73.4 Å². The molecule has 0 heterocycles. The van der Waals surface area contributed by atoms with Gasteiger partial charge in [-0.05, 0) is 32.9 Å². The average Bonchev–Trinajstić information content (AvgIpc) is 1.81. The van der Waals surface area contributed by atoms with Gasteiger partial charge < -0.3 is 10.0 Å². The van der Waals surface area contributed by atoms with E-state index in [1.165, 1.54) is 0 Å². The highest BCUT2D eigenvalue weighted by Crippen LogP contribution is 2.43. The Morgan fingerprint density at radius 3 is 2.33 bits per heavy atom. The van der Waals surface area contributed by atoms with E-state index >= 15 is 0 Å². The van der Waals surface area contributed by atoms with Gasteiger partial charge in [-0.25, -0.2) is 0 Å². The van der Waals surface area contributed by atoms with Crippen molar-refractivity contribution in [2.75, 3.05) is 14.1 Å². The van der Waals surface area contributed by atoms with Crippen molar-refractivity contribution in [3.8, 4) is 0 Å². The summed E-state index contributed by atoms with van der Waals surface area (Å²) in [5.41, 5.74) is -0.0503. The first kappa shape index (κ1) is 9.52. The lowest BCUT2D eigenvalue weighted by Crippen LogP contribution is -2.54. The van der Waals surface area contributed by atoms with Crippen LogP contribution in [0.3, 0.4) is 0 Å². The van der Waals surface area contributed by atoms with Gasteiger partial charge in [0.2, 0.25) is 0 Å². The second kappa shape index (κ2) is 3.05. The molecule has 1 aliphatic rings. The van der Waals surface area contributed by atoms with E-state index in [1.54, 1.807) is 0 Å². The maximum absolute atomic E-state index is 10.6. The number of carboxylic acid groups (broad SMARTS) is 1. The SMILES string of the molecule is CC1CC(CC(=O)O)(N(C)C)C1. The number of hydrogen-bond acceptors (Lipinski definition) is 2. The molecule has 70 valence electrons. The number of rotatable bonds is 3. The van der Waals surface area contributed by atoms with Gasteiger partial charge in [-0.15, -0.1) is 0 Å². The van der Waals surface area contributed by atoms with E-state index in [-0.39, 0.29) is 12.0 Å². The zero-order valence-electron chi connectivity index (χ0n) is 8.00. The summed E-state index contributed by atoms with van der Waals surface area (Å²) < 4.78 is 0. The topological polar surface area (TPSA) is 40.5 Å². The molecule has 0 aromatic carbocycles. The molecule has 0 spiro atoms. The van der Waals surface area contributed by atoms with E-state index in [9.17, 15) is 4.79 Å². The molecule has 0 atom stereocenters. The van der Waals surface area contributed by atoms with Crippen LogP contribution in [-0.2, 0) is 4.79 Å². The van der Waals surface area contributed by atoms with Crippen LogP contribution in [0.5, 0.6) is 0 Å². The van der Waals surface area contributed by atoms with Gasteiger partial charge in [0.15, 0.2) is 0 Å². The summed E-state index contributed by atoms with van der Waals surface area (Å²) in [6.45, 7) is 2.17. The molecule has 0 radical (unpaired) electrons. The predicted molar refractivity (Wildman–Crippen MR) is 47.1 cm³/mol. The average molecular weight is 171 g/mol. The first-order valence-corrected chi connectivity index (χ1v) is 4.35. The molecule has 0 bridgehead atoms. The van der Waals surface area contributed by atoms with Crippen LogP contribution in [0.25, 0.3) is 0 Å². The fourth-order valence-electron chi connectivity index (χ4n) is 2.19. The van der Waals surface area contributed by atoms with E-state index in [1.807, 2.05) is 14.1 Å². The standard InChI is InChI=1S/C9H17NO2/c1-7-4-9(5-7,10(2)3)6-8(11)12/h7H,4-6H2,1-3H3,(H,11,12). The maximum Gasteiger partial charge on any atom is 0.305 e. The van der Waals surface area contributed by atoms with Gasteiger partial charge in [-0.2, -0.15) is 0 Å². The van der Waals surface area contributed by atoms with Gasteiger partial charge in [0.05, 0.1) is 6.42 Å². The predicted octanol–water partition coefficient (Wildman–Crippen LogP) is 1.19. The molecule has 3 heteroatoms. The van der Waals surface area contributed by atoms with Crippen LogP contribution in [0, 0.1) is 5.92 Å². The minimum absolute atomic E-state index is 0.0503. The van der Waals surface area contributed by atoms with E-state index < -0.39 is 5.97 Å². The third kappa shape index (κ3) is 1.61. The summed E-state index contributed by atoms with van der Waals surface area (Å²) in [4.78, 5) is 12.6. The molecule has 1 N–H and O–H groups in total. The number of nitrogens with zero attached hydrogens (tertiary/aromatic N) is 1. The van der Waals surface area contributed by atoms with E-state index in [4.69, 9.17) is 5.11 Å². The minimum Gasteiger partial charge on any atom is -0.481 e. The van der Waals surface area contributed by atoms with Gasteiger partial charge in [0, 0.05) is 5.54 Å². The second-order valence-corrected chi connectivity index (χ2v) is 4.20. The van der Waals surface area contributed by atoms with Crippen LogP contribution in [0.15, 0.2) is 0 Å². The molecule has 1 saturated carbocycles. The van der Waals surface area contributed by atoms with Crippen LogP contribution in [0.2, 0.25) is 0 Å². The van der Waals surface area contributed by atoms with E-state index in [2.05, 4.69) is 11.8 Å². The van der Waals surface area contributed by atoms with Gasteiger partial charge in [-0.3, -0.25) is 4.79 Å². The lowest BCUT2D eigenvalue weighted by Gasteiger charge is -2.50. The van der Waals surface area contributed by atoms with E-state index in [0.717, 1.165) is 12.8 Å². The third-order valence-electron chi connectivity index (χ3n) is 2.89. The zero-order chi connectivity index (χ0) is 9.35. The van der Waals surface area contributed by atoms with E-state index in [0.29, 0.717) is 5.92 Å². The van der Waals surface area contributed by atoms with Crippen molar-refractivity contribution >= 4 is 5.97 Å². The summed E-state index contributed by atoms with van der Waals surface area (Å²) in [7, 11) is 3.93. The first-order valence-electron chi connectivity index (χ1n) is 4.35. The normalized spacial score (nSPS) is 34.8. The van der Waals surface area contributed by atoms with Crippen molar-refractivity contribution in [3.05, 3.63) is 0 Å². The van der Waals surface area contributed by atoms with Crippen molar-refractivity contribution in [1.29, 1.82) is 0 Å². The molecule has 1 fully saturated rings. The fourth-order valence-corrected chi connectivity index (χ4v) is 2.19. The summed E-state index contributed by atoms with van der Waals surface area (Å²) in [5, 5.41) is 8.72. The minimum atomic E-state index is -0.685. The highest BCUT2D eigenvalue weighted by molar-refractivity contribution is 5.68. The molecule has 3 nitrogen and oxygen atoms in total. The largest absolute Gasteiger partial charge is 0.481 e. The Morgan fingerprint density at radius 2 is 2.08 bits per heavy atom. The van der Waals surface area contributed by atoms with Crippen LogP contribution >= 0.6 is 0 Å². The van der Waals surface area contributed by atoms with Crippen molar-refractivity contribution in [1.82, 2.24) is 4.90 Å². The number of aliphatic carboxylic acids is 1. The molecule has 0 aromatic rings. The summed E-state index contributed by atoms with van der Waals surface area (Å²) in [6.07, 6.45) is 2.32. The Balaban J connectivity index is 2.57. The Hall–Kier alpha value is -0.570. The highest BCUT2D eigenvalue weighted by Gasteiger charge is 2.45. The molecular weight excluding hydrogens is 154 g/mol. The van der Waals surface area contributed by atoms with Crippen molar-refractivity contribution in [3.63, 3.8) is 0 Å². The molecule has 0 aromatic heterocycles. The Kier molecular flexibility index (Phi) is 2.42. The molecular formula is C9H17NO2. The quantitative estimate of drug-likeness (QED) is 0.693. The Morgan fingerprint density at radius 1 is 1.58 bits per heavy atom. The number of carbonyl (C=O) groups is 1. The highest BCUT2D eigenvalue weighted by atomic mass is 16.4. The molecule has 1 aliphatic carbocycles. The van der Waals surface area contributed by atoms with Crippen molar-refractivity contribution in [2.24, 2.45) is 5.92 Å². The summed E-state index contributed by atoms with van der Waals surface area (Å²) in [5.74, 6) is 0.00218. The lowest BCUT2D eigenvalue weighted by atomic mass is 9.66. The van der Waals surface area contributed by atoms with Gasteiger partial charge in [-0.1, -0.05) is 6.92 Å². The summed E-state index contributed by atoms with van der Waals surface area (Å²) >= 11 is 0. The zero-order valence-corrected chi connectivity index (χ0v) is 8.00. The Bertz CT molecular complexity index is 183. The molecule has 0 aliphatic heterocycles. The van der Waals surface area contributed by atoms with Gasteiger partial charge >= 0.3 is 5.97 Å². The maximum atomic E-state index is 10.6. The smallest absolute Gasteiger partial charge is 0.305 e. The molecule has 12 heavy (non-hydrogen) atoms. The second-order valence-electron chi connectivity index (χ2n) is 4.20. The van der Waals surface area contributed by atoms with Gasteiger partial charge in [0.25, 0.3) is 0 Å². The van der Waals surface area contributed by atoms with Crippen molar-refractivity contribution < 1.29 is 9.90 Å². The van der Waals surface area contributed by atoms with Gasteiger partial charge in [0.1, 0.15) is 0 Å². The molecule has 0 unspecified atom stereocenters. The first-order chi connectivity index (χ1) is 5.46. The van der Waals surface area contributed by atoms with Crippen LogP contribution in [-0.4, -0.2) is 35.6 Å². The van der Waals surface area contributed by atoms with Crippen LogP contribution in [0.4, 0.5) is 0 Å². The third-order valence-corrected chi connectivity index (χ3v) is 2.89. The monoisotopic (exact) mass is 171 g/mol. The van der Waals surface area contributed by atoms with Crippen LogP contribution in [0.1, 0.15) is 26.2 Å². The molecule has 0 amide bonds. The molecule has 0 saturated heterocycles. The fraction of sp³-hybridized carbons (Fsp3) is 0.889. The van der Waals surface area contributed by atoms with Crippen LogP contribution < -0.4 is 0 Å².